The number of hydrogen-bond donors (Lipinski definition) is 1. The molecule has 0 spiro atoms. The fraction of sp³-hybridized carbons (Fsp3) is 0.294. The Morgan fingerprint density at radius 1 is 1.04 bits per heavy atom. The van der Waals surface area contributed by atoms with Crippen LogP contribution in [-0.4, -0.2) is 20.2 Å². The van der Waals surface area contributed by atoms with E-state index in [1.54, 1.807) is 6.07 Å². The molecule has 146 valence electrons. The summed E-state index contributed by atoms with van der Waals surface area (Å²) in [5.41, 5.74) is -1.26. The topological polar surface area (TPSA) is 76.7 Å². The number of nitrogens with one attached hydrogen (secondary N) is 1. The van der Waals surface area contributed by atoms with Crippen LogP contribution in [0.25, 0.3) is 11.5 Å². The summed E-state index contributed by atoms with van der Waals surface area (Å²) in [7, 11) is 0. The van der Waals surface area contributed by atoms with Gasteiger partial charge in [0.05, 0.1) is 16.7 Å². The largest absolute Gasteiger partial charge is 0.416 e. The highest BCUT2D eigenvalue weighted by Gasteiger charge is 2.49. The van der Waals surface area contributed by atoms with Gasteiger partial charge in [0, 0.05) is 12.4 Å². The number of nitrogens with zero attached hydrogens (tertiary/aromatic N) is 4. The fourth-order valence-electron chi connectivity index (χ4n) is 2.89. The van der Waals surface area contributed by atoms with Crippen LogP contribution in [0.2, 0.25) is 0 Å². The molecule has 0 saturated heterocycles. The molecular weight excluding hydrogens is 385 g/mol. The molecule has 0 radical (unpaired) electrons. The minimum atomic E-state index is -4.47. The lowest BCUT2D eigenvalue weighted by atomic mass is 9.98. The number of aromatic nitrogens is 4. The van der Waals surface area contributed by atoms with Crippen molar-refractivity contribution in [1.82, 2.24) is 20.2 Å². The first kappa shape index (κ1) is 18.3. The van der Waals surface area contributed by atoms with Crippen LogP contribution in [0.3, 0.4) is 0 Å². The molecule has 2 heterocycles. The molecule has 1 aliphatic carbocycles. The Morgan fingerprint density at radius 2 is 1.71 bits per heavy atom. The average Bonchev–Trinajstić information content (AvgIpc) is 3.26. The maximum atomic E-state index is 13.3. The van der Waals surface area contributed by atoms with E-state index in [2.05, 4.69) is 25.5 Å². The lowest BCUT2D eigenvalue weighted by molar-refractivity contribution is -0.138. The van der Waals surface area contributed by atoms with Crippen LogP contribution in [-0.2, 0) is 11.7 Å². The van der Waals surface area contributed by atoms with Crippen molar-refractivity contribution in [1.29, 1.82) is 0 Å². The van der Waals surface area contributed by atoms with Gasteiger partial charge in [-0.25, -0.2) is 9.97 Å². The van der Waals surface area contributed by atoms with Gasteiger partial charge >= 0.3 is 12.6 Å². The van der Waals surface area contributed by atoms with Gasteiger partial charge in [-0.05, 0) is 24.5 Å². The van der Waals surface area contributed by atoms with Gasteiger partial charge in [-0.2, -0.15) is 22.0 Å². The first-order valence-corrected chi connectivity index (χ1v) is 8.17. The number of anilines is 1. The standard InChI is InChI=1S/C17H12F5N5O/c18-12(19)14-27-26-13(28-14)9-7-23-15(24-8-9)25-16(5-6-16)10-3-1-2-4-11(10)17(20,21)22/h1-4,7-8,12H,5-6H2,(H,23,24,25). The molecule has 1 aliphatic rings. The number of rotatable bonds is 5. The Labute approximate surface area is 154 Å². The van der Waals surface area contributed by atoms with E-state index in [9.17, 15) is 22.0 Å². The second-order valence-corrected chi connectivity index (χ2v) is 6.29. The monoisotopic (exact) mass is 397 g/mol. The fourth-order valence-corrected chi connectivity index (χ4v) is 2.89. The van der Waals surface area contributed by atoms with E-state index < -0.39 is 29.6 Å². The molecule has 28 heavy (non-hydrogen) atoms. The zero-order valence-corrected chi connectivity index (χ0v) is 14.0. The highest BCUT2D eigenvalue weighted by Crippen LogP contribution is 2.51. The van der Waals surface area contributed by atoms with Crippen molar-refractivity contribution in [3.05, 3.63) is 53.7 Å². The Kier molecular flexibility index (Phi) is 4.24. The molecule has 3 aromatic rings. The van der Waals surface area contributed by atoms with Crippen molar-refractivity contribution in [2.45, 2.75) is 31.0 Å². The highest BCUT2D eigenvalue weighted by molar-refractivity contribution is 5.52. The first-order valence-electron chi connectivity index (χ1n) is 8.17. The number of alkyl halides is 5. The second-order valence-electron chi connectivity index (χ2n) is 6.29. The molecule has 1 aromatic carbocycles. The van der Waals surface area contributed by atoms with Crippen LogP contribution in [0.15, 0.2) is 41.1 Å². The third kappa shape index (κ3) is 3.39. The van der Waals surface area contributed by atoms with Crippen LogP contribution >= 0.6 is 0 Å². The summed E-state index contributed by atoms with van der Waals surface area (Å²) >= 11 is 0. The predicted octanol–water partition coefficient (Wildman–Crippen LogP) is 4.58. The molecule has 1 N–H and O–H groups in total. The quantitative estimate of drug-likeness (QED) is 0.635. The average molecular weight is 397 g/mol. The number of hydrogen-bond acceptors (Lipinski definition) is 6. The van der Waals surface area contributed by atoms with E-state index in [0.29, 0.717) is 12.8 Å². The Hall–Kier alpha value is -3.11. The first-order chi connectivity index (χ1) is 13.3. The van der Waals surface area contributed by atoms with Gasteiger partial charge in [-0.1, -0.05) is 18.2 Å². The lowest BCUT2D eigenvalue weighted by Gasteiger charge is -2.22. The molecule has 4 rings (SSSR count). The van der Waals surface area contributed by atoms with E-state index >= 15 is 0 Å². The van der Waals surface area contributed by atoms with Crippen molar-refractivity contribution in [2.24, 2.45) is 0 Å². The maximum Gasteiger partial charge on any atom is 0.416 e. The maximum absolute atomic E-state index is 13.3. The number of benzene rings is 1. The molecule has 0 amide bonds. The molecule has 0 atom stereocenters. The van der Waals surface area contributed by atoms with Crippen molar-refractivity contribution < 1.29 is 26.4 Å². The molecule has 11 heteroatoms. The summed E-state index contributed by atoms with van der Waals surface area (Å²) in [6, 6.07) is 5.36. The van der Waals surface area contributed by atoms with Gasteiger partial charge in [0.15, 0.2) is 0 Å². The SMILES string of the molecule is FC(F)c1nnc(-c2cnc(NC3(c4ccccc4C(F)(F)F)CC3)nc2)o1. The van der Waals surface area contributed by atoms with E-state index in [-0.39, 0.29) is 23.0 Å². The molecule has 6 nitrogen and oxygen atoms in total. The Morgan fingerprint density at radius 3 is 2.29 bits per heavy atom. The van der Waals surface area contributed by atoms with Gasteiger partial charge in [-0.3, -0.25) is 0 Å². The minimum absolute atomic E-state index is 0.104. The van der Waals surface area contributed by atoms with Gasteiger partial charge in [-0.15, -0.1) is 10.2 Å². The summed E-state index contributed by atoms with van der Waals surface area (Å²) in [5.74, 6) is -0.893. The van der Waals surface area contributed by atoms with E-state index in [4.69, 9.17) is 4.42 Å². The minimum Gasteiger partial charge on any atom is -0.415 e. The summed E-state index contributed by atoms with van der Waals surface area (Å²) in [6.07, 6.45) is -3.85. The zero-order valence-electron chi connectivity index (χ0n) is 14.0. The van der Waals surface area contributed by atoms with Crippen molar-refractivity contribution in [2.75, 3.05) is 5.32 Å². The molecule has 1 fully saturated rings. The van der Waals surface area contributed by atoms with Crippen LogP contribution in [0, 0.1) is 0 Å². The molecule has 1 saturated carbocycles. The second kappa shape index (κ2) is 6.50. The van der Waals surface area contributed by atoms with Crippen LogP contribution in [0.5, 0.6) is 0 Å². The van der Waals surface area contributed by atoms with Gasteiger partial charge in [0.2, 0.25) is 5.95 Å². The van der Waals surface area contributed by atoms with E-state index in [1.165, 1.54) is 24.5 Å². The van der Waals surface area contributed by atoms with Gasteiger partial charge in [0.25, 0.3) is 11.8 Å². The summed E-state index contributed by atoms with van der Waals surface area (Å²) < 4.78 is 69.8. The van der Waals surface area contributed by atoms with Gasteiger partial charge in [0.1, 0.15) is 0 Å². The summed E-state index contributed by atoms with van der Waals surface area (Å²) in [4.78, 5) is 8.07. The van der Waals surface area contributed by atoms with E-state index in [0.717, 1.165) is 6.07 Å². The molecular formula is C17H12F5N5O. The van der Waals surface area contributed by atoms with Crippen LogP contribution in [0.4, 0.5) is 27.9 Å². The number of halogens is 5. The Balaban J connectivity index is 1.57. The van der Waals surface area contributed by atoms with Crippen molar-refractivity contribution in [3.8, 4) is 11.5 Å². The van der Waals surface area contributed by atoms with Crippen molar-refractivity contribution >= 4 is 5.95 Å². The Bertz CT molecular complexity index is 982. The molecule has 0 aliphatic heterocycles. The third-order valence-corrected chi connectivity index (χ3v) is 4.38. The molecule has 0 unspecified atom stereocenters. The third-order valence-electron chi connectivity index (χ3n) is 4.38. The van der Waals surface area contributed by atoms with Crippen molar-refractivity contribution in [3.63, 3.8) is 0 Å². The van der Waals surface area contributed by atoms with Gasteiger partial charge < -0.3 is 9.73 Å². The molecule has 2 aromatic heterocycles. The lowest BCUT2D eigenvalue weighted by Crippen LogP contribution is -2.24. The summed E-state index contributed by atoms with van der Waals surface area (Å²) in [6.45, 7) is 0. The highest BCUT2D eigenvalue weighted by atomic mass is 19.4. The van der Waals surface area contributed by atoms with Crippen LogP contribution < -0.4 is 5.32 Å². The smallest absolute Gasteiger partial charge is 0.415 e. The van der Waals surface area contributed by atoms with Crippen LogP contribution in [0.1, 0.15) is 36.3 Å². The molecule has 0 bridgehead atoms. The predicted molar refractivity (Wildman–Crippen MR) is 86.3 cm³/mol. The summed E-state index contributed by atoms with van der Waals surface area (Å²) in [5, 5.41) is 9.65. The van der Waals surface area contributed by atoms with E-state index in [1.807, 2.05) is 0 Å². The zero-order chi connectivity index (χ0) is 19.9. The normalized spacial score (nSPS) is 15.6.